The Kier molecular flexibility index (Phi) is 5.43. The molecule has 1 aliphatic heterocycles. The molecule has 0 aromatic heterocycles. The molecule has 0 radical (unpaired) electrons. The minimum Gasteiger partial charge on any atom is -0.363 e. The first kappa shape index (κ1) is 19.9. The molecule has 0 aliphatic carbocycles. The Morgan fingerprint density at radius 1 is 1.07 bits per heavy atom. The van der Waals surface area contributed by atoms with Crippen LogP contribution in [0.15, 0.2) is 47.4 Å². The predicted octanol–water partition coefficient (Wildman–Crippen LogP) is 2.45. The maximum Gasteiger partial charge on any atom is 0.292 e. The first-order valence-electron chi connectivity index (χ1n) is 8.50. The van der Waals surface area contributed by atoms with Gasteiger partial charge in [0.1, 0.15) is 11.5 Å². The van der Waals surface area contributed by atoms with Crippen molar-refractivity contribution in [3.8, 4) is 0 Å². The maximum atomic E-state index is 13.6. The minimum atomic E-state index is -3.76. The quantitative estimate of drug-likeness (QED) is 0.429. The number of carbonyl (C=O) groups is 1. The lowest BCUT2D eigenvalue weighted by atomic mass is 10.2. The fourth-order valence-corrected chi connectivity index (χ4v) is 4.51. The van der Waals surface area contributed by atoms with E-state index in [4.69, 9.17) is 0 Å². The van der Waals surface area contributed by atoms with Gasteiger partial charge in [-0.3, -0.25) is 14.9 Å². The Morgan fingerprint density at radius 2 is 1.68 bits per heavy atom. The van der Waals surface area contributed by atoms with Crippen molar-refractivity contribution in [3.63, 3.8) is 0 Å². The van der Waals surface area contributed by atoms with Gasteiger partial charge in [-0.25, -0.2) is 12.8 Å². The van der Waals surface area contributed by atoms with Crippen LogP contribution in [0, 0.1) is 15.9 Å². The van der Waals surface area contributed by atoms with Gasteiger partial charge in [-0.05, 0) is 25.1 Å². The summed E-state index contributed by atoms with van der Waals surface area (Å²) in [5, 5.41) is 11.2. The van der Waals surface area contributed by atoms with Crippen LogP contribution in [0.25, 0.3) is 0 Å². The summed E-state index contributed by atoms with van der Waals surface area (Å²) in [6.07, 6.45) is 0. The zero-order valence-corrected chi connectivity index (χ0v) is 15.9. The number of sulfonamides is 1. The van der Waals surface area contributed by atoms with Crippen LogP contribution in [-0.4, -0.2) is 49.6 Å². The highest BCUT2D eigenvalue weighted by molar-refractivity contribution is 7.89. The van der Waals surface area contributed by atoms with Crippen LogP contribution in [0.1, 0.15) is 17.3 Å². The van der Waals surface area contributed by atoms with Crippen molar-refractivity contribution in [2.24, 2.45) is 0 Å². The number of piperazine rings is 1. The van der Waals surface area contributed by atoms with Gasteiger partial charge in [0.2, 0.25) is 10.0 Å². The zero-order valence-electron chi connectivity index (χ0n) is 15.0. The number of nitro benzene ring substituents is 1. The molecule has 0 saturated carbocycles. The third kappa shape index (κ3) is 3.87. The lowest BCUT2D eigenvalue weighted by Gasteiger charge is -2.35. The topological polar surface area (TPSA) is 101 Å². The van der Waals surface area contributed by atoms with Gasteiger partial charge < -0.3 is 4.90 Å². The number of carbonyl (C=O) groups excluding carboxylic acids is 1. The van der Waals surface area contributed by atoms with E-state index in [-0.39, 0.29) is 48.2 Å². The molecule has 1 aliphatic rings. The average Bonchev–Trinajstić information content (AvgIpc) is 2.67. The fourth-order valence-electron chi connectivity index (χ4n) is 3.08. The van der Waals surface area contributed by atoms with Crippen molar-refractivity contribution in [2.45, 2.75) is 11.8 Å². The standard InChI is InChI=1S/C18H18FN3O5S/c1-13(23)14-2-5-16(6-3-14)28(26,27)21-10-8-20(9-11-21)18-12-15(19)4-7-17(18)22(24)25/h2-7,12H,8-11H2,1H3. The van der Waals surface area contributed by atoms with Crippen molar-refractivity contribution in [3.05, 3.63) is 64.0 Å². The minimum absolute atomic E-state index is 0.0719. The number of hydrogen-bond acceptors (Lipinski definition) is 6. The number of nitrogens with zero attached hydrogens (tertiary/aromatic N) is 3. The smallest absolute Gasteiger partial charge is 0.292 e. The summed E-state index contributed by atoms with van der Waals surface area (Å²) in [5.74, 6) is -0.754. The van der Waals surface area contributed by atoms with Crippen LogP contribution in [0.5, 0.6) is 0 Å². The molecule has 148 valence electrons. The van der Waals surface area contributed by atoms with Gasteiger partial charge in [-0.2, -0.15) is 4.31 Å². The second-order valence-electron chi connectivity index (χ2n) is 6.36. The highest BCUT2D eigenvalue weighted by Crippen LogP contribution is 2.30. The van der Waals surface area contributed by atoms with Crippen LogP contribution in [0.2, 0.25) is 0 Å². The van der Waals surface area contributed by atoms with Crippen LogP contribution in [0.3, 0.4) is 0 Å². The molecular weight excluding hydrogens is 389 g/mol. The molecule has 1 heterocycles. The molecular formula is C18H18FN3O5S. The van der Waals surface area contributed by atoms with Crippen molar-refractivity contribution >= 4 is 27.2 Å². The van der Waals surface area contributed by atoms with Crippen molar-refractivity contribution in [2.75, 3.05) is 31.1 Å². The van der Waals surface area contributed by atoms with Gasteiger partial charge in [0.15, 0.2) is 5.78 Å². The number of anilines is 1. The van der Waals surface area contributed by atoms with E-state index in [1.165, 1.54) is 35.5 Å². The first-order valence-corrected chi connectivity index (χ1v) is 9.94. The Labute approximate surface area is 161 Å². The molecule has 3 rings (SSSR count). The largest absolute Gasteiger partial charge is 0.363 e. The first-order chi connectivity index (χ1) is 13.2. The summed E-state index contributed by atoms with van der Waals surface area (Å²) >= 11 is 0. The van der Waals surface area contributed by atoms with Crippen LogP contribution in [-0.2, 0) is 10.0 Å². The normalized spacial score (nSPS) is 15.4. The molecule has 2 aromatic carbocycles. The molecule has 0 N–H and O–H groups in total. The SMILES string of the molecule is CC(=O)c1ccc(S(=O)(=O)N2CCN(c3cc(F)ccc3[N+](=O)[O-])CC2)cc1. The van der Waals surface area contributed by atoms with E-state index in [9.17, 15) is 27.7 Å². The predicted molar refractivity (Wildman–Crippen MR) is 100 cm³/mol. The van der Waals surface area contributed by atoms with Crippen molar-refractivity contribution in [1.82, 2.24) is 4.31 Å². The van der Waals surface area contributed by atoms with E-state index >= 15 is 0 Å². The number of halogens is 1. The molecule has 0 atom stereocenters. The zero-order chi connectivity index (χ0) is 20.5. The summed E-state index contributed by atoms with van der Waals surface area (Å²) in [7, 11) is -3.76. The van der Waals surface area contributed by atoms with Gasteiger partial charge in [0, 0.05) is 43.9 Å². The van der Waals surface area contributed by atoms with E-state index < -0.39 is 20.8 Å². The molecule has 10 heteroatoms. The van der Waals surface area contributed by atoms with Crippen molar-refractivity contribution < 1.29 is 22.5 Å². The second-order valence-corrected chi connectivity index (χ2v) is 8.30. The molecule has 8 nitrogen and oxygen atoms in total. The molecule has 0 bridgehead atoms. The van der Waals surface area contributed by atoms with Gasteiger partial charge in [-0.15, -0.1) is 0 Å². The molecule has 1 saturated heterocycles. The molecule has 0 unspecified atom stereocenters. The summed E-state index contributed by atoms with van der Waals surface area (Å²) in [6.45, 7) is 1.98. The van der Waals surface area contributed by atoms with Crippen LogP contribution < -0.4 is 4.90 Å². The second kappa shape index (κ2) is 7.64. The number of hydrogen-bond donors (Lipinski definition) is 0. The van der Waals surface area contributed by atoms with E-state index in [1.807, 2.05) is 0 Å². The number of ketones is 1. The van der Waals surface area contributed by atoms with Gasteiger partial charge >= 0.3 is 0 Å². The van der Waals surface area contributed by atoms with Gasteiger partial charge in [0.05, 0.1) is 9.82 Å². The number of benzene rings is 2. The Morgan fingerprint density at radius 3 is 2.21 bits per heavy atom. The molecule has 0 amide bonds. The monoisotopic (exact) mass is 407 g/mol. The Hall–Kier alpha value is -2.85. The summed E-state index contributed by atoms with van der Waals surface area (Å²) in [6, 6.07) is 8.90. The number of nitro groups is 1. The van der Waals surface area contributed by atoms with Crippen LogP contribution >= 0.6 is 0 Å². The lowest BCUT2D eigenvalue weighted by molar-refractivity contribution is -0.384. The van der Waals surface area contributed by atoms with Crippen LogP contribution in [0.4, 0.5) is 15.8 Å². The maximum absolute atomic E-state index is 13.6. The van der Waals surface area contributed by atoms with Gasteiger partial charge in [0.25, 0.3) is 5.69 Å². The summed E-state index contributed by atoms with van der Waals surface area (Å²) in [5.41, 5.74) is 0.326. The van der Waals surface area contributed by atoms with Gasteiger partial charge in [-0.1, -0.05) is 12.1 Å². The van der Waals surface area contributed by atoms with E-state index in [0.29, 0.717) is 5.56 Å². The third-order valence-corrected chi connectivity index (χ3v) is 6.52. The van der Waals surface area contributed by atoms with Crippen molar-refractivity contribution in [1.29, 1.82) is 0 Å². The molecule has 1 fully saturated rings. The molecule has 2 aromatic rings. The van der Waals surface area contributed by atoms with E-state index in [2.05, 4.69) is 0 Å². The number of rotatable bonds is 5. The van der Waals surface area contributed by atoms with E-state index in [1.54, 1.807) is 4.90 Å². The fraction of sp³-hybridized carbons (Fsp3) is 0.278. The highest BCUT2D eigenvalue weighted by atomic mass is 32.2. The summed E-state index contributed by atoms with van der Waals surface area (Å²) < 4.78 is 40.4. The number of Topliss-reactive ketones (excluding diaryl/α,β-unsaturated/α-hetero) is 1. The highest BCUT2D eigenvalue weighted by Gasteiger charge is 2.31. The molecule has 0 spiro atoms. The van der Waals surface area contributed by atoms with E-state index in [0.717, 1.165) is 18.2 Å². The summed E-state index contributed by atoms with van der Waals surface area (Å²) in [4.78, 5) is 23.6. The average molecular weight is 407 g/mol. The lowest BCUT2D eigenvalue weighted by Crippen LogP contribution is -2.48. The Balaban J connectivity index is 1.77. The third-order valence-electron chi connectivity index (χ3n) is 4.61. The Bertz CT molecular complexity index is 1020. The molecule has 28 heavy (non-hydrogen) atoms.